The van der Waals surface area contributed by atoms with Crippen LogP contribution in [0.25, 0.3) is 5.65 Å². The first-order chi connectivity index (χ1) is 7.91. The van der Waals surface area contributed by atoms with Crippen molar-refractivity contribution in [2.45, 2.75) is 6.92 Å². The highest BCUT2D eigenvalue weighted by Crippen LogP contribution is 2.20. The standard InChI is InChI=1S/C11H11BrFN3O/c1-6-9(11(17)15(2)3)14-10-8(13)4-7(12)5-16(6)10/h4-5H,1-3H3. The lowest BCUT2D eigenvalue weighted by Crippen LogP contribution is -2.22. The fourth-order valence-electron chi connectivity index (χ4n) is 1.60. The van der Waals surface area contributed by atoms with Crippen molar-refractivity contribution in [2.75, 3.05) is 14.1 Å². The van der Waals surface area contributed by atoms with Crippen molar-refractivity contribution in [2.24, 2.45) is 0 Å². The van der Waals surface area contributed by atoms with Gasteiger partial charge in [0.05, 0.1) is 5.69 Å². The summed E-state index contributed by atoms with van der Waals surface area (Å²) < 4.78 is 15.8. The number of fused-ring (bicyclic) bond motifs is 1. The van der Waals surface area contributed by atoms with Gasteiger partial charge in [-0.3, -0.25) is 9.20 Å². The van der Waals surface area contributed by atoms with Gasteiger partial charge in [0.1, 0.15) is 5.69 Å². The monoisotopic (exact) mass is 299 g/mol. The van der Waals surface area contributed by atoms with Crippen molar-refractivity contribution in [3.63, 3.8) is 0 Å². The first-order valence-electron chi connectivity index (χ1n) is 4.97. The van der Waals surface area contributed by atoms with E-state index in [2.05, 4.69) is 20.9 Å². The van der Waals surface area contributed by atoms with Gasteiger partial charge >= 0.3 is 0 Å². The summed E-state index contributed by atoms with van der Waals surface area (Å²) in [4.78, 5) is 17.3. The molecule has 0 unspecified atom stereocenters. The molecule has 0 aromatic carbocycles. The van der Waals surface area contributed by atoms with E-state index in [1.165, 1.54) is 11.0 Å². The fraction of sp³-hybridized carbons (Fsp3) is 0.273. The molecule has 2 aromatic heterocycles. The number of imidazole rings is 1. The van der Waals surface area contributed by atoms with E-state index in [9.17, 15) is 9.18 Å². The second kappa shape index (κ2) is 4.10. The van der Waals surface area contributed by atoms with Gasteiger partial charge in [-0.25, -0.2) is 9.37 Å². The molecule has 90 valence electrons. The summed E-state index contributed by atoms with van der Waals surface area (Å²) in [5.74, 6) is -0.693. The van der Waals surface area contributed by atoms with Gasteiger partial charge in [-0.05, 0) is 28.9 Å². The van der Waals surface area contributed by atoms with Gasteiger partial charge < -0.3 is 4.90 Å². The van der Waals surface area contributed by atoms with Crippen LogP contribution >= 0.6 is 15.9 Å². The Morgan fingerprint density at radius 3 is 2.76 bits per heavy atom. The smallest absolute Gasteiger partial charge is 0.273 e. The molecule has 4 nitrogen and oxygen atoms in total. The zero-order chi connectivity index (χ0) is 12.7. The van der Waals surface area contributed by atoms with Gasteiger partial charge in [-0.2, -0.15) is 0 Å². The van der Waals surface area contributed by atoms with Crippen molar-refractivity contribution in [3.05, 3.63) is 33.9 Å². The van der Waals surface area contributed by atoms with Crippen LogP contribution in [0.1, 0.15) is 16.2 Å². The second-order valence-corrected chi connectivity index (χ2v) is 4.86. The van der Waals surface area contributed by atoms with Crippen molar-refractivity contribution < 1.29 is 9.18 Å². The van der Waals surface area contributed by atoms with E-state index in [1.54, 1.807) is 31.6 Å². The van der Waals surface area contributed by atoms with Gasteiger partial charge in [0.25, 0.3) is 5.91 Å². The Hall–Kier alpha value is -1.43. The molecule has 0 aliphatic heterocycles. The topological polar surface area (TPSA) is 37.6 Å². The van der Waals surface area contributed by atoms with E-state index < -0.39 is 5.82 Å². The van der Waals surface area contributed by atoms with Crippen LogP contribution in [0.3, 0.4) is 0 Å². The Morgan fingerprint density at radius 1 is 1.53 bits per heavy atom. The molecule has 2 aromatic rings. The second-order valence-electron chi connectivity index (χ2n) is 3.95. The average Bonchev–Trinajstić information content (AvgIpc) is 2.56. The summed E-state index contributed by atoms with van der Waals surface area (Å²) in [5.41, 5.74) is 1.06. The van der Waals surface area contributed by atoms with E-state index >= 15 is 0 Å². The van der Waals surface area contributed by atoms with Crippen LogP contribution in [0.2, 0.25) is 0 Å². The number of hydrogen-bond acceptors (Lipinski definition) is 2. The lowest BCUT2D eigenvalue weighted by atomic mass is 10.3. The van der Waals surface area contributed by atoms with Crippen LogP contribution in [-0.4, -0.2) is 34.3 Å². The SMILES string of the molecule is Cc1c(C(=O)N(C)C)nc2c(F)cc(Br)cn12. The number of carbonyl (C=O) groups excluding carboxylic acids is 1. The lowest BCUT2D eigenvalue weighted by molar-refractivity contribution is 0.0822. The highest BCUT2D eigenvalue weighted by Gasteiger charge is 2.19. The van der Waals surface area contributed by atoms with Crippen LogP contribution in [0, 0.1) is 12.7 Å². The first kappa shape index (κ1) is 12.0. The number of rotatable bonds is 1. The molecule has 0 spiro atoms. The molecule has 17 heavy (non-hydrogen) atoms. The number of pyridine rings is 1. The van der Waals surface area contributed by atoms with Crippen molar-refractivity contribution in [3.8, 4) is 0 Å². The Bertz CT molecular complexity index is 606. The molecule has 0 saturated heterocycles. The number of aryl methyl sites for hydroxylation is 1. The molecule has 2 rings (SSSR count). The fourth-order valence-corrected chi connectivity index (χ4v) is 2.01. The highest BCUT2D eigenvalue weighted by molar-refractivity contribution is 9.10. The summed E-state index contributed by atoms with van der Waals surface area (Å²) >= 11 is 3.21. The molecule has 0 radical (unpaired) electrons. The Balaban J connectivity index is 2.73. The summed E-state index contributed by atoms with van der Waals surface area (Å²) in [7, 11) is 3.27. The molecular formula is C11H11BrFN3O. The summed E-state index contributed by atoms with van der Waals surface area (Å²) in [6.45, 7) is 1.74. The van der Waals surface area contributed by atoms with E-state index in [1.807, 2.05) is 0 Å². The molecule has 1 amide bonds. The molecule has 0 bridgehead atoms. The zero-order valence-electron chi connectivity index (χ0n) is 9.66. The van der Waals surface area contributed by atoms with E-state index in [4.69, 9.17) is 0 Å². The van der Waals surface area contributed by atoms with Crippen molar-refractivity contribution >= 4 is 27.5 Å². The number of nitrogens with zero attached hydrogens (tertiary/aromatic N) is 3. The van der Waals surface area contributed by atoms with Crippen LogP contribution in [0.4, 0.5) is 4.39 Å². The third-order valence-electron chi connectivity index (χ3n) is 2.49. The summed E-state index contributed by atoms with van der Waals surface area (Å²) in [5, 5.41) is 0. The van der Waals surface area contributed by atoms with Crippen molar-refractivity contribution in [1.82, 2.24) is 14.3 Å². The zero-order valence-corrected chi connectivity index (χ0v) is 11.2. The molecule has 0 fully saturated rings. The number of hydrogen-bond donors (Lipinski definition) is 0. The maximum Gasteiger partial charge on any atom is 0.273 e. The van der Waals surface area contributed by atoms with Gasteiger partial charge in [0, 0.05) is 24.8 Å². The highest BCUT2D eigenvalue weighted by atomic mass is 79.9. The first-order valence-corrected chi connectivity index (χ1v) is 5.76. The Labute approximate surface area is 106 Å². The Kier molecular flexibility index (Phi) is 2.91. The number of amides is 1. The molecule has 0 N–H and O–H groups in total. The molecule has 0 atom stereocenters. The Morgan fingerprint density at radius 2 is 2.18 bits per heavy atom. The van der Waals surface area contributed by atoms with E-state index in [-0.39, 0.29) is 17.2 Å². The van der Waals surface area contributed by atoms with Gasteiger partial charge in [0.15, 0.2) is 11.5 Å². The summed E-state index contributed by atoms with van der Waals surface area (Å²) in [6, 6.07) is 1.33. The van der Waals surface area contributed by atoms with Gasteiger partial charge in [-0.15, -0.1) is 0 Å². The summed E-state index contributed by atoms with van der Waals surface area (Å²) in [6.07, 6.45) is 1.69. The maximum atomic E-state index is 13.7. The van der Waals surface area contributed by atoms with E-state index in [0.717, 1.165) is 0 Å². The van der Waals surface area contributed by atoms with Crippen molar-refractivity contribution in [1.29, 1.82) is 0 Å². The third kappa shape index (κ3) is 1.93. The minimum absolute atomic E-state index is 0.163. The molecule has 0 saturated carbocycles. The van der Waals surface area contributed by atoms with Crippen LogP contribution in [0.5, 0.6) is 0 Å². The normalized spacial score (nSPS) is 10.9. The van der Waals surface area contributed by atoms with Crippen LogP contribution in [-0.2, 0) is 0 Å². The lowest BCUT2D eigenvalue weighted by Gasteiger charge is -2.07. The number of halogens is 2. The van der Waals surface area contributed by atoms with Crippen LogP contribution in [0.15, 0.2) is 16.7 Å². The molecule has 0 aliphatic carbocycles. The predicted molar refractivity (Wildman–Crippen MR) is 65.6 cm³/mol. The number of carbonyl (C=O) groups is 1. The molecule has 0 aliphatic rings. The molecule has 6 heteroatoms. The minimum atomic E-state index is -0.458. The van der Waals surface area contributed by atoms with E-state index in [0.29, 0.717) is 10.2 Å². The average molecular weight is 300 g/mol. The van der Waals surface area contributed by atoms with Gasteiger partial charge in [0.2, 0.25) is 0 Å². The van der Waals surface area contributed by atoms with Crippen LogP contribution < -0.4 is 0 Å². The quantitative estimate of drug-likeness (QED) is 0.810. The number of aromatic nitrogens is 2. The molecule has 2 heterocycles. The minimum Gasteiger partial charge on any atom is -0.343 e. The third-order valence-corrected chi connectivity index (χ3v) is 2.92. The predicted octanol–water partition coefficient (Wildman–Crippen LogP) is 2.25. The molecular weight excluding hydrogens is 289 g/mol. The largest absolute Gasteiger partial charge is 0.343 e. The van der Waals surface area contributed by atoms with Gasteiger partial charge in [-0.1, -0.05) is 0 Å². The maximum absolute atomic E-state index is 13.7.